The molecule has 29 heavy (non-hydrogen) atoms. The number of amides is 2. The zero-order chi connectivity index (χ0) is 20.0. The Bertz CT molecular complexity index is 915. The number of pyridine rings is 1. The zero-order valence-corrected chi connectivity index (χ0v) is 16.5. The fourth-order valence-corrected chi connectivity index (χ4v) is 4.00. The summed E-state index contributed by atoms with van der Waals surface area (Å²) in [6.07, 6.45) is 4.35. The summed E-state index contributed by atoms with van der Waals surface area (Å²) in [6, 6.07) is 3.92. The van der Waals surface area contributed by atoms with Gasteiger partial charge in [0.15, 0.2) is 0 Å². The van der Waals surface area contributed by atoms with E-state index in [-0.39, 0.29) is 17.7 Å². The Morgan fingerprint density at radius 3 is 2.59 bits per heavy atom. The Labute approximate surface area is 168 Å². The molecule has 2 aromatic rings. The Balaban J connectivity index is 1.18. The molecule has 9 heteroatoms. The number of carbonyl (C=O) groups is 2. The van der Waals surface area contributed by atoms with Crippen LogP contribution in [0.4, 0.5) is 5.82 Å². The number of anilines is 1. The van der Waals surface area contributed by atoms with Crippen LogP contribution in [-0.2, 0) is 9.59 Å². The minimum Gasteiger partial charge on any atom is -0.353 e. The first kappa shape index (κ1) is 18.1. The van der Waals surface area contributed by atoms with Crippen LogP contribution in [0.15, 0.2) is 22.9 Å². The highest BCUT2D eigenvalue weighted by Gasteiger charge is 2.35. The molecule has 1 unspecified atom stereocenters. The van der Waals surface area contributed by atoms with Crippen LogP contribution in [0.1, 0.15) is 31.1 Å². The van der Waals surface area contributed by atoms with E-state index >= 15 is 0 Å². The molecule has 0 aromatic carbocycles. The van der Waals surface area contributed by atoms with Gasteiger partial charge in [0.2, 0.25) is 23.5 Å². The second kappa shape index (κ2) is 7.13. The van der Waals surface area contributed by atoms with Crippen molar-refractivity contribution in [1.82, 2.24) is 24.9 Å². The van der Waals surface area contributed by atoms with Gasteiger partial charge in [-0.15, -0.1) is 0 Å². The van der Waals surface area contributed by atoms with Gasteiger partial charge in [-0.2, -0.15) is 4.98 Å². The molecule has 2 aromatic heterocycles. The highest BCUT2D eigenvalue weighted by Crippen LogP contribution is 2.39. The maximum Gasteiger partial charge on any atom is 0.230 e. The molecule has 0 N–H and O–H groups in total. The maximum atomic E-state index is 12.7. The predicted molar refractivity (Wildman–Crippen MR) is 104 cm³/mol. The quantitative estimate of drug-likeness (QED) is 0.764. The van der Waals surface area contributed by atoms with Crippen molar-refractivity contribution >= 4 is 17.6 Å². The Morgan fingerprint density at radius 2 is 1.97 bits per heavy atom. The first-order valence-corrected chi connectivity index (χ1v) is 10.2. The summed E-state index contributed by atoms with van der Waals surface area (Å²) in [4.78, 5) is 39.1. The second-order valence-electron chi connectivity index (χ2n) is 8.12. The molecule has 9 nitrogen and oxygen atoms in total. The minimum atomic E-state index is -0.202. The van der Waals surface area contributed by atoms with Crippen LogP contribution in [0.5, 0.6) is 0 Å². The van der Waals surface area contributed by atoms with E-state index in [2.05, 4.69) is 20.0 Å². The van der Waals surface area contributed by atoms with Crippen LogP contribution in [-0.4, -0.2) is 76.5 Å². The van der Waals surface area contributed by atoms with E-state index in [1.165, 1.54) is 0 Å². The fourth-order valence-electron chi connectivity index (χ4n) is 4.00. The minimum absolute atomic E-state index is 0.0529. The Hall–Kier alpha value is -2.97. The molecule has 1 atom stereocenters. The van der Waals surface area contributed by atoms with E-state index in [0.29, 0.717) is 37.8 Å². The molecule has 0 spiro atoms. The lowest BCUT2D eigenvalue weighted by molar-refractivity contribution is -0.136. The molecule has 4 heterocycles. The van der Waals surface area contributed by atoms with Crippen LogP contribution < -0.4 is 4.90 Å². The number of likely N-dealkylation sites (tertiary alicyclic amines) is 1. The van der Waals surface area contributed by atoms with Crippen molar-refractivity contribution < 1.29 is 14.1 Å². The predicted octanol–water partition coefficient (Wildman–Crippen LogP) is 1.14. The summed E-state index contributed by atoms with van der Waals surface area (Å²) in [5, 5.41) is 4.06. The number of hydrogen-bond donors (Lipinski definition) is 0. The van der Waals surface area contributed by atoms with Gasteiger partial charge in [0.25, 0.3) is 0 Å². The van der Waals surface area contributed by atoms with E-state index in [4.69, 9.17) is 4.52 Å². The lowest BCUT2D eigenvalue weighted by Crippen LogP contribution is -2.50. The normalized spacial score (nSPS) is 22.4. The average Bonchev–Trinajstić information content (AvgIpc) is 3.39. The third kappa shape index (κ3) is 3.56. The van der Waals surface area contributed by atoms with Crippen molar-refractivity contribution in [1.29, 1.82) is 0 Å². The standard InChI is InChI=1S/C20H24N6O3/c1-24-12-15(10-17(24)27)20(28)26-8-6-25(7-9-26)16-5-4-14(11-21-16)18-22-19(29-23-18)13-2-3-13/h4-5,11,13,15H,2-3,6-10,12H2,1H3. The van der Waals surface area contributed by atoms with Gasteiger partial charge in [0, 0.05) is 63.9 Å². The highest BCUT2D eigenvalue weighted by atomic mass is 16.5. The van der Waals surface area contributed by atoms with Crippen LogP contribution >= 0.6 is 0 Å². The van der Waals surface area contributed by atoms with Crippen molar-refractivity contribution in [2.75, 3.05) is 44.7 Å². The summed E-state index contributed by atoms with van der Waals surface area (Å²) >= 11 is 0. The number of piperazine rings is 1. The van der Waals surface area contributed by atoms with Crippen LogP contribution in [0.2, 0.25) is 0 Å². The SMILES string of the molecule is CN1CC(C(=O)N2CCN(c3ccc(-c4noc(C5CC5)n4)cn3)CC2)CC1=O. The Kier molecular flexibility index (Phi) is 4.44. The molecule has 5 rings (SSSR count). The molecule has 2 saturated heterocycles. The molecule has 3 aliphatic rings. The monoisotopic (exact) mass is 396 g/mol. The summed E-state index contributed by atoms with van der Waals surface area (Å²) < 4.78 is 5.32. The number of nitrogens with zero attached hydrogens (tertiary/aromatic N) is 6. The molecule has 0 bridgehead atoms. The van der Waals surface area contributed by atoms with E-state index < -0.39 is 0 Å². The number of rotatable bonds is 4. The summed E-state index contributed by atoms with van der Waals surface area (Å²) in [7, 11) is 1.75. The van der Waals surface area contributed by atoms with Crippen molar-refractivity contribution in [3.8, 4) is 11.4 Å². The zero-order valence-electron chi connectivity index (χ0n) is 16.5. The van der Waals surface area contributed by atoms with Gasteiger partial charge in [0.05, 0.1) is 5.92 Å². The third-order valence-electron chi connectivity index (χ3n) is 5.98. The maximum absolute atomic E-state index is 12.7. The van der Waals surface area contributed by atoms with E-state index in [1.54, 1.807) is 18.1 Å². The number of aromatic nitrogens is 3. The third-order valence-corrected chi connectivity index (χ3v) is 5.98. The molecule has 0 radical (unpaired) electrons. The number of hydrogen-bond acceptors (Lipinski definition) is 7. The van der Waals surface area contributed by atoms with Crippen molar-refractivity contribution in [3.05, 3.63) is 24.2 Å². The van der Waals surface area contributed by atoms with Crippen molar-refractivity contribution in [2.45, 2.75) is 25.2 Å². The van der Waals surface area contributed by atoms with E-state index in [0.717, 1.165) is 43.2 Å². The second-order valence-corrected chi connectivity index (χ2v) is 8.12. The summed E-state index contributed by atoms with van der Waals surface area (Å²) in [5.41, 5.74) is 0.841. The topological polar surface area (TPSA) is 95.7 Å². The molecule has 2 aliphatic heterocycles. The summed E-state index contributed by atoms with van der Waals surface area (Å²) in [5.74, 6) is 2.56. The van der Waals surface area contributed by atoms with Gasteiger partial charge in [-0.05, 0) is 25.0 Å². The van der Waals surface area contributed by atoms with E-state index in [1.807, 2.05) is 17.0 Å². The molecular weight excluding hydrogens is 372 g/mol. The van der Waals surface area contributed by atoms with Crippen molar-refractivity contribution in [2.24, 2.45) is 5.92 Å². The van der Waals surface area contributed by atoms with Gasteiger partial charge in [-0.25, -0.2) is 4.98 Å². The number of carbonyl (C=O) groups excluding carboxylic acids is 2. The van der Waals surface area contributed by atoms with Crippen LogP contribution in [0.25, 0.3) is 11.4 Å². The van der Waals surface area contributed by atoms with Crippen molar-refractivity contribution in [3.63, 3.8) is 0 Å². The van der Waals surface area contributed by atoms with Gasteiger partial charge >= 0.3 is 0 Å². The largest absolute Gasteiger partial charge is 0.353 e. The Morgan fingerprint density at radius 1 is 1.17 bits per heavy atom. The van der Waals surface area contributed by atoms with E-state index in [9.17, 15) is 9.59 Å². The highest BCUT2D eigenvalue weighted by molar-refractivity contribution is 5.89. The summed E-state index contributed by atoms with van der Waals surface area (Å²) in [6.45, 7) is 3.27. The first-order valence-electron chi connectivity index (χ1n) is 10.2. The first-order chi connectivity index (χ1) is 14.1. The smallest absolute Gasteiger partial charge is 0.230 e. The lowest BCUT2D eigenvalue weighted by Gasteiger charge is -2.36. The molecule has 2 amide bonds. The average molecular weight is 396 g/mol. The molecule has 1 saturated carbocycles. The molecule has 3 fully saturated rings. The van der Waals surface area contributed by atoms with Crippen LogP contribution in [0, 0.1) is 5.92 Å². The van der Waals surface area contributed by atoms with Gasteiger partial charge < -0.3 is 19.2 Å². The van der Waals surface area contributed by atoms with Gasteiger partial charge in [-0.3, -0.25) is 9.59 Å². The van der Waals surface area contributed by atoms with Gasteiger partial charge in [-0.1, -0.05) is 5.16 Å². The van der Waals surface area contributed by atoms with Crippen LogP contribution in [0.3, 0.4) is 0 Å². The van der Waals surface area contributed by atoms with Gasteiger partial charge in [0.1, 0.15) is 5.82 Å². The molecule has 1 aliphatic carbocycles. The fraction of sp³-hybridized carbons (Fsp3) is 0.550. The lowest BCUT2D eigenvalue weighted by atomic mass is 10.1. The molecular formula is C20H24N6O3. The molecule has 152 valence electrons.